The lowest BCUT2D eigenvalue weighted by Crippen LogP contribution is -2.18. The average Bonchev–Trinajstić information content (AvgIpc) is 2.54. The predicted molar refractivity (Wildman–Crippen MR) is 87.6 cm³/mol. The maximum Gasteiger partial charge on any atom is 0.129 e. The zero-order valence-electron chi connectivity index (χ0n) is 11.8. The van der Waals surface area contributed by atoms with Crippen LogP contribution in [0, 0.1) is 0 Å². The number of rotatable bonds is 4. The van der Waals surface area contributed by atoms with Crippen molar-refractivity contribution >= 4 is 28.3 Å². The van der Waals surface area contributed by atoms with Gasteiger partial charge in [0.15, 0.2) is 0 Å². The Balaban J connectivity index is 1.96. The third-order valence-electron chi connectivity index (χ3n) is 3.47. The van der Waals surface area contributed by atoms with Gasteiger partial charge in [-0.2, -0.15) is 0 Å². The zero-order chi connectivity index (χ0) is 14.7. The van der Waals surface area contributed by atoms with Crippen molar-refractivity contribution in [3.05, 3.63) is 66.0 Å². The Morgan fingerprint density at radius 3 is 2.76 bits per heavy atom. The van der Waals surface area contributed by atoms with Gasteiger partial charge in [0.2, 0.25) is 0 Å². The van der Waals surface area contributed by atoms with Gasteiger partial charge in [0.25, 0.3) is 0 Å². The summed E-state index contributed by atoms with van der Waals surface area (Å²) in [6.07, 6.45) is 3.66. The van der Waals surface area contributed by atoms with Gasteiger partial charge in [-0.25, -0.2) is 4.98 Å². The fraction of sp³-hybridized carbons (Fsp3) is 0.176. The van der Waals surface area contributed by atoms with E-state index in [0.717, 1.165) is 34.4 Å². The van der Waals surface area contributed by atoms with E-state index < -0.39 is 0 Å². The molecule has 4 heteroatoms. The van der Waals surface area contributed by atoms with Crippen molar-refractivity contribution in [3.63, 3.8) is 0 Å². The number of hydrogen-bond donors (Lipinski definition) is 0. The first kappa shape index (κ1) is 13.8. The lowest BCUT2D eigenvalue weighted by molar-refractivity contribution is 0.895. The number of halogens is 1. The fourth-order valence-corrected chi connectivity index (χ4v) is 2.61. The highest BCUT2D eigenvalue weighted by atomic mass is 35.5. The maximum atomic E-state index is 6.09. The van der Waals surface area contributed by atoms with Crippen molar-refractivity contribution in [2.75, 3.05) is 11.9 Å². The molecule has 0 amide bonds. The lowest BCUT2D eigenvalue weighted by atomic mass is 10.1. The van der Waals surface area contributed by atoms with E-state index in [0.29, 0.717) is 5.88 Å². The van der Waals surface area contributed by atoms with Crippen LogP contribution in [0.15, 0.2) is 54.9 Å². The second-order valence-corrected chi connectivity index (χ2v) is 5.27. The molecule has 0 aliphatic heterocycles. The summed E-state index contributed by atoms with van der Waals surface area (Å²) in [5.74, 6) is 1.41. The van der Waals surface area contributed by atoms with Crippen LogP contribution in [0.2, 0.25) is 0 Å². The van der Waals surface area contributed by atoms with Crippen LogP contribution in [0.4, 0.5) is 5.82 Å². The number of pyridine rings is 2. The lowest BCUT2D eigenvalue weighted by Gasteiger charge is -2.19. The van der Waals surface area contributed by atoms with Gasteiger partial charge in [-0.05, 0) is 29.3 Å². The van der Waals surface area contributed by atoms with Crippen LogP contribution in [0.25, 0.3) is 10.9 Å². The van der Waals surface area contributed by atoms with E-state index in [-0.39, 0.29) is 0 Å². The summed E-state index contributed by atoms with van der Waals surface area (Å²) in [6, 6.07) is 14.2. The van der Waals surface area contributed by atoms with Crippen LogP contribution in [-0.2, 0) is 12.4 Å². The summed E-state index contributed by atoms with van der Waals surface area (Å²) in [5.41, 5.74) is 3.24. The second-order valence-electron chi connectivity index (χ2n) is 5.01. The Bertz CT molecular complexity index is 743. The summed E-state index contributed by atoms with van der Waals surface area (Å²) in [4.78, 5) is 11.0. The maximum absolute atomic E-state index is 6.09. The number of anilines is 1. The molecule has 3 nitrogen and oxygen atoms in total. The Hall–Kier alpha value is -2.13. The molecular formula is C17H16ClN3. The highest BCUT2D eigenvalue weighted by molar-refractivity contribution is 6.18. The minimum atomic E-state index is 0.483. The summed E-state index contributed by atoms with van der Waals surface area (Å²) in [7, 11) is 2.03. The molecule has 3 rings (SSSR count). The predicted octanol–water partition coefficient (Wildman–Crippen LogP) is 4.01. The molecule has 106 valence electrons. The monoisotopic (exact) mass is 297 g/mol. The van der Waals surface area contributed by atoms with Gasteiger partial charge in [0.1, 0.15) is 5.82 Å². The molecule has 0 fully saturated rings. The molecule has 0 unspecified atom stereocenters. The topological polar surface area (TPSA) is 29.0 Å². The van der Waals surface area contributed by atoms with Crippen molar-refractivity contribution in [1.82, 2.24) is 9.97 Å². The number of nitrogens with zero attached hydrogens (tertiary/aromatic N) is 3. The van der Waals surface area contributed by atoms with Gasteiger partial charge < -0.3 is 4.90 Å². The highest BCUT2D eigenvalue weighted by Crippen LogP contribution is 2.24. The number of hydrogen-bond acceptors (Lipinski definition) is 3. The largest absolute Gasteiger partial charge is 0.355 e. The summed E-state index contributed by atoms with van der Waals surface area (Å²) < 4.78 is 0. The van der Waals surface area contributed by atoms with Gasteiger partial charge in [-0.3, -0.25) is 4.98 Å². The Kier molecular flexibility index (Phi) is 4.02. The molecular weight excluding hydrogens is 282 g/mol. The van der Waals surface area contributed by atoms with Crippen LogP contribution in [-0.4, -0.2) is 17.0 Å². The minimum absolute atomic E-state index is 0.483. The Morgan fingerprint density at radius 1 is 1.14 bits per heavy atom. The number of alkyl halides is 1. The molecule has 1 aromatic carbocycles. The van der Waals surface area contributed by atoms with Gasteiger partial charge >= 0.3 is 0 Å². The van der Waals surface area contributed by atoms with E-state index >= 15 is 0 Å². The van der Waals surface area contributed by atoms with E-state index in [1.54, 1.807) is 6.20 Å². The van der Waals surface area contributed by atoms with E-state index in [9.17, 15) is 0 Å². The molecule has 0 aliphatic carbocycles. The van der Waals surface area contributed by atoms with Crippen molar-refractivity contribution in [2.24, 2.45) is 0 Å². The van der Waals surface area contributed by atoms with E-state index in [4.69, 9.17) is 16.6 Å². The van der Waals surface area contributed by atoms with Gasteiger partial charge in [0.05, 0.1) is 5.52 Å². The van der Waals surface area contributed by atoms with E-state index in [1.807, 2.05) is 37.5 Å². The molecule has 0 saturated heterocycles. The number of aromatic nitrogens is 2. The molecule has 0 atom stereocenters. The van der Waals surface area contributed by atoms with Gasteiger partial charge in [-0.15, -0.1) is 11.6 Å². The Morgan fingerprint density at radius 2 is 2.00 bits per heavy atom. The van der Waals surface area contributed by atoms with Crippen molar-refractivity contribution < 1.29 is 0 Å². The zero-order valence-corrected chi connectivity index (χ0v) is 12.6. The third-order valence-corrected chi connectivity index (χ3v) is 3.75. The molecule has 3 aromatic rings. The molecule has 0 saturated carbocycles. The van der Waals surface area contributed by atoms with Crippen LogP contribution in [0.3, 0.4) is 0 Å². The molecule has 21 heavy (non-hydrogen) atoms. The molecule has 0 radical (unpaired) electrons. The van der Waals surface area contributed by atoms with Crippen molar-refractivity contribution in [3.8, 4) is 0 Å². The van der Waals surface area contributed by atoms with E-state index in [2.05, 4.69) is 28.1 Å². The van der Waals surface area contributed by atoms with Crippen LogP contribution < -0.4 is 4.90 Å². The smallest absolute Gasteiger partial charge is 0.129 e. The normalized spacial score (nSPS) is 10.8. The number of fused-ring (bicyclic) bond motifs is 1. The second kappa shape index (κ2) is 6.10. The fourth-order valence-electron chi connectivity index (χ4n) is 2.38. The summed E-state index contributed by atoms with van der Waals surface area (Å²) >= 11 is 6.09. The van der Waals surface area contributed by atoms with Crippen LogP contribution in [0.1, 0.15) is 11.1 Å². The van der Waals surface area contributed by atoms with Crippen molar-refractivity contribution in [1.29, 1.82) is 0 Å². The number of para-hydroxylation sites is 1. The summed E-state index contributed by atoms with van der Waals surface area (Å²) in [5, 5.41) is 1.12. The molecule has 2 aromatic heterocycles. The molecule has 0 bridgehead atoms. The molecule has 0 spiro atoms. The average molecular weight is 298 g/mol. The quantitative estimate of drug-likeness (QED) is 0.682. The molecule has 2 heterocycles. The third kappa shape index (κ3) is 2.98. The Labute approximate surface area is 129 Å². The van der Waals surface area contributed by atoms with Crippen LogP contribution in [0.5, 0.6) is 0 Å². The molecule has 0 N–H and O–H groups in total. The first-order chi connectivity index (χ1) is 10.3. The molecule has 0 aliphatic rings. The van der Waals surface area contributed by atoms with Gasteiger partial charge in [-0.1, -0.05) is 24.3 Å². The first-order valence-corrected chi connectivity index (χ1v) is 7.36. The minimum Gasteiger partial charge on any atom is -0.355 e. The highest BCUT2D eigenvalue weighted by Gasteiger charge is 2.09. The van der Waals surface area contributed by atoms with E-state index in [1.165, 1.54) is 0 Å². The van der Waals surface area contributed by atoms with Crippen molar-refractivity contribution in [2.45, 2.75) is 12.4 Å². The number of benzene rings is 1. The SMILES string of the molecule is CN(Cc1cccnc1)c1cc(CCl)c2ccccc2n1. The summed E-state index contributed by atoms with van der Waals surface area (Å²) in [6.45, 7) is 0.765. The van der Waals surface area contributed by atoms with Crippen LogP contribution >= 0.6 is 11.6 Å². The van der Waals surface area contributed by atoms with Gasteiger partial charge in [0, 0.05) is 37.3 Å². The standard InChI is InChI=1S/C17H16ClN3/c1-21(12-13-5-4-8-19-11-13)17-9-14(10-18)15-6-2-3-7-16(15)20-17/h2-9,11H,10,12H2,1H3. The first-order valence-electron chi connectivity index (χ1n) is 6.82.